The van der Waals surface area contributed by atoms with Crippen LogP contribution in [0.5, 0.6) is 0 Å². The third-order valence-corrected chi connectivity index (χ3v) is 21.4. The monoisotopic (exact) mass is 1240 g/mol. The van der Waals surface area contributed by atoms with E-state index in [-0.39, 0.29) is 17.5 Å². The van der Waals surface area contributed by atoms with Crippen molar-refractivity contribution in [2.45, 2.75) is 72.6 Å². The van der Waals surface area contributed by atoms with E-state index in [4.69, 9.17) is 4.42 Å². The zero-order chi connectivity index (χ0) is 65.0. The predicted molar refractivity (Wildman–Crippen MR) is 410 cm³/mol. The second-order valence-corrected chi connectivity index (χ2v) is 28.6. The SMILES string of the molecule is C=C/C(c1cc(C)c(N2c3cc(N(c4ccccc4)c4ccc(C(C)(C)C)cc4-c4ccccc4)ccc3B3c4cc(C(C)(C)CC)ccc4N(c4ccc(-c5ccc6c(c5)sc5ccccc56)cc4)c4cc(-c5ccccc5)cc2c43)c(C)c1)=c1\c(=C)oc2ccccc12. The van der Waals surface area contributed by atoms with E-state index in [1.54, 1.807) is 0 Å². The number of thiophene rings is 1. The summed E-state index contributed by atoms with van der Waals surface area (Å²) in [6.07, 6.45) is 2.97. The highest BCUT2D eigenvalue weighted by molar-refractivity contribution is 7.25. The van der Waals surface area contributed by atoms with Crippen molar-refractivity contribution in [1.82, 2.24) is 0 Å². The molecule has 0 saturated carbocycles. The lowest BCUT2D eigenvalue weighted by Crippen LogP contribution is -2.61. The van der Waals surface area contributed by atoms with Crippen LogP contribution in [0, 0.1) is 13.8 Å². The van der Waals surface area contributed by atoms with Crippen LogP contribution in [0.2, 0.25) is 0 Å². The quantitative estimate of drug-likeness (QED) is 0.114. The third kappa shape index (κ3) is 10.0. The summed E-state index contributed by atoms with van der Waals surface area (Å²) in [5.41, 5.74) is 29.0. The predicted octanol–water partition coefficient (Wildman–Crippen LogP) is 21.8. The summed E-state index contributed by atoms with van der Waals surface area (Å²) in [7, 11) is 0. The largest absolute Gasteiger partial charge is 0.457 e. The van der Waals surface area contributed by atoms with Crippen molar-refractivity contribution in [1.29, 1.82) is 0 Å². The van der Waals surface area contributed by atoms with Gasteiger partial charge in [-0.05, 0) is 206 Å². The number of hydrogen-bond donors (Lipinski definition) is 0. The van der Waals surface area contributed by atoms with Gasteiger partial charge in [-0.2, -0.15) is 0 Å². The van der Waals surface area contributed by atoms with Crippen LogP contribution in [-0.4, -0.2) is 6.71 Å². The van der Waals surface area contributed by atoms with E-state index < -0.39 is 0 Å². The van der Waals surface area contributed by atoms with E-state index in [1.165, 1.54) is 70.1 Å². The van der Waals surface area contributed by atoms with Gasteiger partial charge in [0, 0.05) is 76.2 Å². The van der Waals surface area contributed by atoms with Gasteiger partial charge in [-0.15, -0.1) is 11.3 Å². The summed E-state index contributed by atoms with van der Waals surface area (Å²) >= 11 is 1.87. The maximum absolute atomic E-state index is 6.34. The van der Waals surface area contributed by atoms with Gasteiger partial charge in [0.15, 0.2) is 0 Å². The molecule has 12 aromatic carbocycles. The molecule has 460 valence electrons. The molecule has 2 aromatic heterocycles. The molecule has 0 saturated heterocycles. The number of allylic oxidation sites excluding steroid dienone is 1. The molecule has 0 fully saturated rings. The van der Waals surface area contributed by atoms with Crippen molar-refractivity contribution >= 4 is 129 Å². The van der Waals surface area contributed by atoms with E-state index in [0.717, 1.165) is 107 Å². The van der Waals surface area contributed by atoms with Crippen LogP contribution < -0.4 is 41.7 Å². The van der Waals surface area contributed by atoms with Gasteiger partial charge in [0.2, 0.25) is 0 Å². The Labute approximate surface area is 562 Å². The second-order valence-electron chi connectivity index (χ2n) is 27.5. The molecule has 0 unspecified atom stereocenters. The molecule has 2 aliphatic rings. The number of nitrogens with zero attached hydrogens (tertiary/aromatic N) is 3. The standard InChI is InChI=1S/C89H74BN3OS/c1-11-70(85-58(5)94-82-34-24-22-33-73(82)85)64-48-56(3)87(57(4)49-64)93-79-55-69(91(67-30-20-15-21-31-67)77-46-39-65(88(6,7)8)53-74(77)61-28-18-14-19-29-61)43-45-75(79)90-76-54-66(89(9,10)12-2)40-47-78(76)92(80-50-63(51-81(93)86(80)90)59-26-16-13-17-27-59)68-41-36-60(37-42-68)62-38-44-72-71-32-23-25-35-83(71)95-84(72)52-62/h11,13-55H,1,5,12H2,2-4,6-10H3/b85-70-. The molecule has 0 atom stereocenters. The van der Waals surface area contributed by atoms with Gasteiger partial charge >= 0.3 is 0 Å². The van der Waals surface area contributed by atoms with E-state index in [9.17, 15) is 0 Å². The smallest absolute Gasteiger partial charge is 0.252 e. The van der Waals surface area contributed by atoms with E-state index in [1.807, 2.05) is 29.5 Å². The number of para-hydroxylation sites is 2. The fourth-order valence-corrected chi connectivity index (χ4v) is 16.2. The van der Waals surface area contributed by atoms with E-state index in [0.29, 0.717) is 5.42 Å². The highest BCUT2D eigenvalue weighted by Crippen LogP contribution is 2.51. The number of hydrogen-bond acceptors (Lipinski definition) is 5. The number of benzene rings is 12. The normalized spacial score (nSPS) is 13.1. The molecule has 95 heavy (non-hydrogen) atoms. The fraction of sp³-hybridized carbons (Fsp3) is 0.124. The molecule has 4 nitrogen and oxygen atoms in total. The van der Waals surface area contributed by atoms with Gasteiger partial charge in [-0.1, -0.05) is 225 Å². The molecule has 4 heterocycles. The van der Waals surface area contributed by atoms with Gasteiger partial charge in [0.05, 0.1) is 11.4 Å². The van der Waals surface area contributed by atoms with Gasteiger partial charge in [0.25, 0.3) is 6.71 Å². The minimum absolute atomic E-state index is 0.0778. The molecule has 16 rings (SSSR count). The molecule has 14 aromatic rings. The summed E-state index contributed by atoms with van der Waals surface area (Å²) in [6.45, 7) is 27.3. The van der Waals surface area contributed by atoms with Crippen LogP contribution >= 0.6 is 11.3 Å². The van der Waals surface area contributed by atoms with Gasteiger partial charge in [0.1, 0.15) is 11.0 Å². The first kappa shape index (κ1) is 59.4. The lowest BCUT2D eigenvalue weighted by atomic mass is 9.33. The Morgan fingerprint density at radius 2 is 1.13 bits per heavy atom. The zero-order valence-electron chi connectivity index (χ0n) is 55.3. The Balaban J connectivity index is 0.976. The minimum Gasteiger partial charge on any atom is -0.457 e. The molecule has 6 heteroatoms. The number of furan rings is 1. The molecule has 2 aliphatic heterocycles. The van der Waals surface area contributed by atoms with Crippen molar-refractivity contribution < 1.29 is 4.42 Å². The molecule has 0 N–H and O–H groups in total. The summed E-state index contributed by atoms with van der Waals surface area (Å²) < 4.78 is 8.96. The Morgan fingerprint density at radius 1 is 0.505 bits per heavy atom. The lowest BCUT2D eigenvalue weighted by molar-refractivity contribution is 0.506. The first-order chi connectivity index (χ1) is 46.1. The van der Waals surface area contributed by atoms with Crippen molar-refractivity contribution in [3.05, 3.63) is 312 Å². The molecule has 0 bridgehead atoms. The van der Waals surface area contributed by atoms with Crippen LogP contribution in [0.15, 0.2) is 278 Å². The average molecular weight is 1240 g/mol. The number of rotatable bonds is 12. The maximum atomic E-state index is 6.34. The minimum atomic E-state index is -0.155. The topological polar surface area (TPSA) is 22.9 Å². The van der Waals surface area contributed by atoms with Crippen LogP contribution in [0.3, 0.4) is 0 Å². The number of anilines is 9. The Hall–Kier alpha value is -10.7. The second kappa shape index (κ2) is 23.1. The number of aryl methyl sites for hydroxylation is 2. The fourth-order valence-electron chi connectivity index (χ4n) is 15.0. The van der Waals surface area contributed by atoms with Crippen LogP contribution in [0.4, 0.5) is 51.2 Å². The third-order valence-electron chi connectivity index (χ3n) is 20.3. The van der Waals surface area contributed by atoms with Crippen LogP contribution in [0.25, 0.3) is 76.7 Å². The molecule has 0 spiro atoms. The van der Waals surface area contributed by atoms with Gasteiger partial charge in [-0.25, -0.2) is 0 Å². The maximum Gasteiger partial charge on any atom is 0.252 e. The first-order valence-corrected chi connectivity index (χ1v) is 34.1. The van der Waals surface area contributed by atoms with Crippen molar-refractivity contribution in [2.24, 2.45) is 0 Å². The van der Waals surface area contributed by atoms with Crippen molar-refractivity contribution in [3.63, 3.8) is 0 Å². The highest BCUT2D eigenvalue weighted by Gasteiger charge is 2.45. The Kier molecular flexibility index (Phi) is 14.4. The molecular weight excluding hydrogens is 1170 g/mol. The summed E-state index contributed by atoms with van der Waals surface area (Å²) in [6, 6.07) is 97.6. The van der Waals surface area contributed by atoms with Gasteiger partial charge in [-0.3, -0.25) is 0 Å². The Bertz CT molecular complexity index is 5480. The summed E-state index contributed by atoms with van der Waals surface area (Å²) in [4.78, 5) is 7.68. The van der Waals surface area contributed by atoms with E-state index >= 15 is 0 Å². The zero-order valence-corrected chi connectivity index (χ0v) is 56.1. The molecular formula is C89H74BN3OS. The van der Waals surface area contributed by atoms with Crippen LogP contribution in [-0.2, 0) is 10.8 Å². The van der Waals surface area contributed by atoms with Crippen LogP contribution in [0.1, 0.15) is 75.8 Å². The number of fused-ring (bicyclic) bond motifs is 8. The summed E-state index contributed by atoms with van der Waals surface area (Å²) in [5, 5.41) is 4.60. The average Bonchev–Trinajstić information content (AvgIpc) is 1.31. The molecule has 0 amide bonds. The lowest BCUT2D eigenvalue weighted by Gasteiger charge is -2.46. The first-order valence-electron chi connectivity index (χ1n) is 33.3. The summed E-state index contributed by atoms with van der Waals surface area (Å²) in [5.74, 6) is 0. The van der Waals surface area contributed by atoms with Crippen molar-refractivity contribution in [3.8, 4) is 33.4 Å². The van der Waals surface area contributed by atoms with Gasteiger partial charge < -0.3 is 19.1 Å². The molecule has 0 aliphatic carbocycles. The Morgan fingerprint density at radius 3 is 1.83 bits per heavy atom. The highest BCUT2D eigenvalue weighted by atomic mass is 32.1. The molecule has 0 radical (unpaired) electrons. The van der Waals surface area contributed by atoms with E-state index in [2.05, 4.69) is 332 Å². The van der Waals surface area contributed by atoms with Crippen molar-refractivity contribution in [2.75, 3.05) is 14.7 Å².